The molecular formula is C22H24N4O2S. The molecule has 2 heterocycles. The van der Waals surface area contributed by atoms with E-state index in [2.05, 4.69) is 9.72 Å². The molecule has 2 aromatic heterocycles. The van der Waals surface area contributed by atoms with Crippen LogP contribution in [0.25, 0.3) is 27.6 Å². The molecule has 4 aromatic rings. The molecule has 0 aliphatic heterocycles. The SMILES string of the molecule is CC[C@@H](Sc1nc2ccccc2c2nc3ccccc3n12)C(=O)NCCCOC. The van der Waals surface area contributed by atoms with Crippen LogP contribution in [-0.4, -0.2) is 45.8 Å². The lowest BCUT2D eigenvalue weighted by molar-refractivity contribution is -0.120. The zero-order chi connectivity index (χ0) is 20.2. The number of nitrogens with one attached hydrogen (secondary N) is 1. The highest BCUT2D eigenvalue weighted by molar-refractivity contribution is 8.00. The van der Waals surface area contributed by atoms with Crippen LogP contribution in [0, 0.1) is 0 Å². The van der Waals surface area contributed by atoms with Crippen LogP contribution >= 0.6 is 11.8 Å². The normalized spacial score (nSPS) is 12.6. The number of carbonyl (C=O) groups is 1. The number of rotatable bonds is 8. The van der Waals surface area contributed by atoms with E-state index in [1.54, 1.807) is 7.11 Å². The Bertz CT molecular complexity index is 1160. The van der Waals surface area contributed by atoms with Gasteiger partial charge >= 0.3 is 0 Å². The summed E-state index contributed by atoms with van der Waals surface area (Å²) in [6, 6.07) is 16.0. The molecule has 29 heavy (non-hydrogen) atoms. The molecule has 4 rings (SSSR count). The molecule has 6 nitrogen and oxygen atoms in total. The van der Waals surface area contributed by atoms with Gasteiger partial charge in [-0.3, -0.25) is 9.20 Å². The van der Waals surface area contributed by atoms with Gasteiger partial charge in [0, 0.05) is 25.6 Å². The fourth-order valence-electron chi connectivity index (χ4n) is 3.38. The maximum Gasteiger partial charge on any atom is 0.233 e. The van der Waals surface area contributed by atoms with E-state index in [-0.39, 0.29) is 11.2 Å². The largest absolute Gasteiger partial charge is 0.385 e. The fourth-order valence-corrected chi connectivity index (χ4v) is 4.44. The van der Waals surface area contributed by atoms with E-state index in [9.17, 15) is 4.79 Å². The van der Waals surface area contributed by atoms with Crippen LogP contribution in [-0.2, 0) is 9.53 Å². The Morgan fingerprint density at radius 3 is 2.69 bits per heavy atom. The highest BCUT2D eigenvalue weighted by Crippen LogP contribution is 2.31. The average molecular weight is 409 g/mol. The quantitative estimate of drug-likeness (QED) is 0.271. The highest BCUT2D eigenvalue weighted by atomic mass is 32.2. The number of fused-ring (bicyclic) bond motifs is 5. The van der Waals surface area contributed by atoms with Gasteiger partial charge in [-0.15, -0.1) is 0 Å². The summed E-state index contributed by atoms with van der Waals surface area (Å²) in [5, 5.41) is 4.57. The third-order valence-corrected chi connectivity index (χ3v) is 6.17. The van der Waals surface area contributed by atoms with E-state index < -0.39 is 0 Å². The zero-order valence-corrected chi connectivity index (χ0v) is 17.4. The molecule has 0 saturated carbocycles. The van der Waals surface area contributed by atoms with Gasteiger partial charge in [-0.1, -0.05) is 43.0 Å². The first-order chi connectivity index (χ1) is 14.2. The first-order valence-corrected chi connectivity index (χ1v) is 10.7. The van der Waals surface area contributed by atoms with Crippen LogP contribution in [0.4, 0.5) is 0 Å². The molecule has 150 valence electrons. The monoisotopic (exact) mass is 408 g/mol. The second-order valence-electron chi connectivity index (χ2n) is 6.82. The number of benzene rings is 2. The van der Waals surface area contributed by atoms with Gasteiger partial charge in [0.2, 0.25) is 5.91 Å². The van der Waals surface area contributed by atoms with Gasteiger partial charge in [0.1, 0.15) is 5.65 Å². The van der Waals surface area contributed by atoms with Crippen LogP contribution in [0.3, 0.4) is 0 Å². The number of para-hydroxylation sites is 3. The molecule has 0 spiro atoms. The molecule has 1 amide bonds. The molecule has 0 unspecified atom stereocenters. The van der Waals surface area contributed by atoms with Crippen molar-refractivity contribution in [3.8, 4) is 0 Å². The molecule has 0 radical (unpaired) electrons. The summed E-state index contributed by atoms with van der Waals surface area (Å²) in [6.07, 6.45) is 1.51. The number of hydrogen-bond acceptors (Lipinski definition) is 5. The Kier molecular flexibility index (Phi) is 5.97. The Morgan fingerprint density at radius 1 is 1.14 bits per heavy atom. The Balaban J connectivity index is 1.74. The van der Waals surface area contributed by atoms with Crippen LogP contribution in [0.2, 0.25) is 0 Å². The second-order valence-corrected chi connectivity index (χ2v) is 7.99. The predicted molar refractivity (Wildman–Crippen MR) is 117 cm³/mol. The summed E-state index contributed by atoms with van der Waals surface area (Å²) in [5.74, 6) is 0.0288. The van der Waals surface area contributed by atoms with Crippen molar-refractivity contribution in [3.63, 3.8) is 0 Å². The Morgan fingerprint density at radius 2 is 1.90 bits per heavy atom. The van der Waals surface area contributed by atoms with Gasteiger partial charge in [-0.25, -0.2) is 9.97 Å². The number of amides is 1. The first-order valence-electron chi connectivity index (χ1n) is 9.82. The van der Waals surface area contributed by atoms with Gasteiger partial charge in [0.25, 0.3) is 0 Å². The maximum atomic E-state index is 12.7. The summed E-state index contributed by atoms with van der Waals surface area (Å²) < 4.78 is 7.12. The van der Waals surface area contributed by atoms with Crippen molar-refractivity contribution in [1.82, 2.24) is 19.7 Å². The fraction of sp³-hybridized carbons (Fsp3) is 0.318. The predicted octanol–water partition coefficient (Wildman–Crippen LogP) is 4.06. The minimum absolute atomic E-state index is 0.0288. The van der Waals surface area contributed by atoms with E-state index in [0.29, 0.717) is 19.6 Å². The van der Waals surface area contributed by atoms with E-state index >= 15 is 0 Å². The molecule has 7 heteroatoms. The number of aromatic nitrogens is 3. The van der Waals surface area contributed by atoms with Gasteiger partial charge in [0.15, 0.2) is 5.16 Å². The maximum absolute atomic E-state index is 12.7. The number of methoxy groups -OCH3 is 1. The lowest BCUT2D eigenvalue weighted by Gasteiger charge is -2.16. The summed E-state index contributed by atoms with van der Waals surface area (Å²) in [7, 11) is 1.67. The molecule has 0 aliphatic carbocycles. The third kappa shape index (κ3) is 3.93. The lowest BCUT2D eigenvalue weighted by Crippen LogP contribution is -2.33. The van der Waals surface area contributed by atoms with Crippen molar-refractivity contribution in [1.29, 1.82) is 0 Å². The van der Waals surface area contributed by atoms with Gasteiger partial charge in [-0.05, 0) is 37.1 Å². The molecule has 0 saturated heterocycles. The second kappa shape index (κ2) is 8.80. The summed E-state index contributed by atoms with van der Waals surface area (Å²) in [5.41, 5.74) is 3.67. The number of nitrogens with zero attached hydrogens (tertiary/aromatic N) is 3. The van der Waals surface area contributed by atoms with Crippen molar-refractivity contribution in [2.45, 2.75) is 30.2 Å². The first kappa shape index (κ1) is 19.7. The zero-order valence-electron chi connectivity index (χ0n) is 16.6. The molecule has 0 bridgehead atoms. The summed E-state index contributed by atoms with van der Waals surface area (Å²) in [4.78, 5) is 22.5. The van der Waals surface area contributed by atoms with Gasteiger partial charge in [0.05, 0.1) is 21.8 Å². The highest BCUT2D eigenvalue weighted by Gasteiger charge is 2.22. The molecule has 2 aromatic carbocycles. The van der Waals surface area contributed by atoms with Gasteiger partial charge in [-0.2, -0.15) is 0 Å². The number of imidazole rings is 1. The van der Waals surface area contributed by atoms with Gasteiger partial charge < -0.3 is 10.1 Å². The van der Waals surface area contributed by atoms with Crippen molar-refractivity contribution < 1.29 is 9.53 Å². The van der Waals surface area contributed by atoms with Crippen molar-refractivity contribution in [2.24, 2.45) is 0 Å². The average Bonchev–Trinajstić information content (AvgIpc) is 3.15. The summed E-state index contributed by atoms with van der Waals surface area (Å²) >= 11 is 1.49. The van der Waals surface area contributed by atoms with Crippen molar-refractivity contribution >= 4 is 45.3 Å². The van der Waals surface area contributed by atoms with Crippen LogP contribution < -0.4 is 5.32 Å². The van der Waals surface area contributed by atoms with Crippen LogP contribution in [0.1, 0.15) is 19.8 Å². The number of thioether (sulfide) groups is 1. The Hall–Kier alpha value is -2.64. The van der Waals surface area contributed by atoms with Crippen molar-refractivity contribution in [2.75, 3.05) is 20.3 Å². The number of ether oxygens (including phenoxy) is 1. The third-order valence-electron chi connectivity index (χ3n) is 4.85. The smallest absolute Gasteiger partial charge is 0.233 e. The van der Waals surface area contributed by atoms with E-state index in [1.165, 1.54) is 11.8 Å². The number of carbonyl (C=O) groups excluding carboxylic acids is 1. The number of hydrogen-bond donors (Lipinski definition) is 1. The molecular weight excluding hydrogens is 384 g/mol. The topological polar surface area (TPSA) is 68.5 Å². The van der Waals surface area contributed by atoms with Crippen LogP contribution in [0.15, 0.2) is 53.7 Å². The van der Waals surface area contributed by atoms with Crippen molar-refractivity contribution in [3.05, 3.63) is 48.5 Å². The van der Waals surface area contributed by atoms with Crippen LogP contribution in [0.5, 0.6) is 0 Å². The standard InChI is InChI=1S/C22H24N4O2S/c1-3-19(21(27)23-13-8-14-28-2)29-22-25-16-10-5-4-9-15(16)20-24-17-11-6-7-12-18(17)26(20)22/h4-7,9-12,19H,3,8,13-14H2,1-2H3,(H,23,27)/t19-/m1/s1. The van der Waals surface area contributed by atoms with E-state index in [4.69, 9.17) is 14.7 Å². The minimum Gasteiger partial charge on any atom is -0.385 e. The minimum atomic E-state index is -0.226. The lowest BCUT2D eigenvalue weighted by atomic mass is 10.2. The Labute approximate surface area is 173 Å². The van der Waals surface area contributed by atoms with E-state index in [0.717, 1.165) is 39.2 Å². The molecule has 1 atom stereocenters. The molecule has 0 aliphatic rings. The molecule has 1 N–H and O–H groups in total. The molecule has 0 fully saturated rings. The summed E-state index contributed by atoms with van der Waals surface area (Å²) in [6.45, 7) is 3.27. The van der Waals surface area contributed by atoms with E-state index in [1.807, 2.05) is 55.5 Å².